The van der Waals surface area contributed by atoms with Gasteiger partial charge in [0, 0.05) is 12.1 Å². The van der Waals surface area contributed by atoms with E-state index in [1.807, 2.05) is 43.3 Å². The van der Waals surface area contributed by atoms with Crippen LogP contribution in [-0.4, -0.2) is 30.5 Å². The summed E-state index contributed by atoms with van der Waals surface area (Å²) in [5, 5.41) is 8.54. The number of likely N-dealkylation sites (N-methyl/N-ethyl adjacent to an activating group) is 1. The van der Waals surface area contributed by atoms with Gasteiger partial charge in [-0.1, -0.05) is 41.4 Å². The van der Waals surface area contributed by atoms with Crippen molar-refractivity contribution in [3.8, 4) is 0 Å². The summed E-state index contributed by atoms with van der Waals surface area (Å²) in [6.45, 7) is 4.09. The van der Waals surface area contributed by atoms with Crippen LogP contribution in [-0.2, 0) is 9.53 Å². The third-order valence-corrected chi connectivity index (χ3v) is 4.27. The average Bonchev–Trinajstić information content (AvgIpc) is 2.63. The smallest absolute Gasteiger partial charge is 0.377 e. The second-order valence-electron chi connectivity index (χ2n) is 5.97. The number of rotatable bonds is 4. The van der Waals surface area contributed by atoms with Gasteiger partial charge >= 0.3 is 5.97 Å². The van der Waals surface area contributed by atoms with Crippen LogP contribution in [0.15, 0.2) is 53.6 Å². The van der Waals surface area contributed by atoms with E-state index in [1.165, 1.54) is 5.56 Å². The Hall–Kier alpha value is -2.57. The third-order valence-electron chi connectivity index (χ3n) is 4.02. The van der Waals surface area contributed by atoms with Gasteiger partial charge in [-0.25, -0.2) is 15.2 Å². The van der Waals surface area contributed by atoms with E-state index < -0.39 is 5.97 Å². The predicted octanol–water partition coefficient (Wildman–Crippen LogP) is 3.48. The van der Waals surface area contributed by atoms with Crippen LogP contribution in [0, 0.1) is 6.92 Å². The molecule has 136 valence electrons. The van der Waals surface area contributed by atoms with Crippen molar-refractivity contribution in [1.82, 2.24) is 10.4 Å². The monoisotopic (exact) mass is 372 g/mol. The number of esters is 1. The molecule has 1 heterocycles. The highest BCUT2D eigenvalue weighted by Gasteiger charge is 2.32. The van der Waals surface area contributed by atoms with Crippen LogP contribution >= 0.6 is 11.6 Å². The van der Waals surface area contributed by atoms with Gasteiger partial charge in [-0.15, -0.1) is 5.10 Å². The van der Waals surface area contributed by atoms with Crippen LogP contribution in [0.1, 0.15) is 24.2 Å². The van der Waals surface area contributed by atoms with Crippen LogP contribution in [0.4, 0.5) is 5.69 Å². The zero-order valence-corrected chi connectivity index (χ0v) is 15.7. The zero-order chi connectivity index (χ0) is 18.7. The van der Waals surface area contributed by atoms with Gasteiger partial charge in [0.2, 0.25) is 5.84 Å². The number of carbonyl (C=O) groups is 1. The van der Waals surface area contributed by atoms with Gasteiger partial charge < -0.3 is 4.74 Å². The molecule has 7 heteroatoms. The van der Waals surface area contributed by atoms with Crippen LogP contribution in [0.25, 0.3) is 0 Å². The van der Waals surface area contributed by atoms with Crippen molar-refractivity contribution < 1.29 is 9.53 Å². The molecule has 0 aliphatic carbocycles. The Morgan fingerprint density at radius 1 is 1.19 bits per heavy atom. The molecular weight excluding hydrogens is 352 g/mol. The number of nitrogens with zero attached hydrogens (tertiary/aromatic N) is 3. The number of ether oxygens (including phenoxy) is 1. The molecule has 0 spiro atoms. The topological polar surface area (TPSA) is 57.2 Å². The Morgan fingerprint density at radius 2 is 1.85 bits per heavy atom. The lowest BCUT2D eigenvalue weighted by molar-refractivity contribution is -0.136. The number of hydrazine groups is 1. The Labute approximate surface area is 158 Å². The van der Waals surface area contributed by atoms with Crippen LogP contribution < -0.4 is 10.4 Å². The number of anilines is 1. The van der Waals surface area contributed by atoms with Gasteiger partial charge in [0.25, 0.3) is 0 Å². The molecule has 1 aliphatic rings. The normalized spacial score (nSPS) is 17.1. The van der Waals surface area contributed by atoms with E-state index in [0.717, 1.165) is 11.3 Å². The Bertz CT molecular complexity index is 805. The molecule has 0 unspecified atom stereocenters. The summed E-state index contributed by atoms with van der Waals surface area (Å²) in [6, 6.07) is 15.5. The maximum Gasteiger partial charge on any atom is 0.377 e. The van der Waals surface area contributed by atoms with Crippen molar-refractivity contribution >= 4 is 29.1 Å². The van der Waals surface area contributed by atoms with Crippen LogP contribution in [0.5, 0.6) is 0 Å². The lowest BCUT2D eigenvalue weighted by atomic mass is 10.1. The van der Waals surface area contributed by atoms with Crippen molar-refractivity contribution in [3.63, 3.8) is 0 Å². The number of amidine groups is 1. The number of carbonyl (C=O) groups excluding carboxylic acids is 1. The van der Waals surface area contributed by atoms with E-state index in [4.69, 9.17) is 16.3 Å². The Morgan fingerprint density at radius 3 is 2.46 bits per heavy atom. The van der Waals surface area contributed by atoms with Crippen molar-refractivity contribution in [1.29, 1.82) is 0 Å². The second-order valence-corrected chi connectivity index (χ2v) is 6.40. The first-order valence-corrected chi connectivity index (χ1v) is 8.74. The number of hydrogen-bond acceptors (Lipinski definition) is 6. The van der Waals surface area contributed by atoms with Crippen molar-refractivity contribution in [2.24, 2.45) is 5.10 Å². The van der Waals surface area contributed by atoms with Crippen LogP contribution in [0.2, 0.25) is 5.02 Å². The first kappa shape index (κ1) is 18.2. The summed E-state index contributed by atoms with van der Waals surface area (Å²) in [6.07, 6.45) is -0.278. The summed E-state index contributed by atoms with van der Waals surface area (Å²) in [4.78, 5) is 12.2. The number of halogens is 1. The highest BCUT2D eigenvalue weighted by atomic mass is 35.5. The summed E-state index contributed by atoms with van der Waals surface area (Å²) in [7, 11) is 1.75. The van der Waals surface area contributed by atoms with Gasteiger partial charge in [-0.2, -0.15) is 0 Å². The number of hydrogen-bond donors (Lipinski definition) is 1. The molecule has 1 N–H and O–H groups in total. The number of nitrogens with one attached hydrogen (secondary N) is 1. The maximum absolute atomic E-state index is 12.2. The molecule has 0 amide bonds. The fraction of sp³-hybridized carbons (Fsp3) is 0.263. The van der Waals surface area contributed by atoms with E-state index in [0.29, 0.717) is 5.02 Å². The summed E-state index contributed by atoms with van der Waals surface area (Å²) in [5.41, 5.74) is 6.30. The van der Waals surface area contributed by atoms with E-state index in [1.54, 1.807) is 36.1 Å². The fourth-order valence-corrected chi connectivity index (χ4v) is 2.79. The SMILES string of the molecule is CCOC(=O)C1=NN(c2ccc(Cl)cc2)[C@H](c2ccc(C)cc2)NN1C. The Balaban J connectivity index is 2.04. The molecule has 3 rings (SSSR count). The minimum absolute atomic E-state index is 0.185. The van der Waals surface area contributed by atoms with Crippen molar-refractivity contribution in [2.75, 3.05) is 18.7 Å². The largest absolute Gasteiger partial charge is 0.460 e. The molecule has 0 saturated heterocycles. The first-order chi connectivity index (χ1) is 12.5. The number of hydrazone groups is 1. The predicted molar refractivity (Wildman–Crippen MR) is 103 cm³/mol. The van der Waals surface area contributed by atoms with Gasteiger partial charge in [0.15, 0.2) is 0 Å². The molecular formula is C19H21ClN4O2. The average molecular weight is 373 g/mol. The maximum atomic E-state index is 12.2. The van der Waals surface area contributed by atoms with Gasteiger partial charge in [-0.3, -0.25) is 5.01 Å². The third kappa shape index (κ3) is 3.81. The van der Waals surface area contributed by atoms with Gasteiger partial charge in [0.05, 0.1) is 12.3 Å². The molecule has 1 atom stereocenters. The molecule has 0 radical (unpaired) electrons. The number of aryl methyl sites for hydroxylation is 1. The summed E-state index contributed by atoms with van der Waals surface area (Å²) in [5.74, 6) is -0.297. The van der Waals surface area contributed by atoms with Crippen LogP contribution in [0.3, 0.4) is 0 Å². The van der Waals surface area contributed by atoms with E-state index >= 15 is 0 Å². The first-order valence-electron chi connectivity index (χ1n) is 8.36. The minimum atomic E-state index is -0.483. The molecule has 0 fully saturated rings. The molecule has 26 heavy (non-hydrogen) atoms. The molecule has 0 bridgehead atoms. The van der Waals surface area contributed by atoms with Crippen molar-refractivity contribution in [3.05, 3.63) is 64.7 Å². The standard InChI is InChI=1S/C19H21ClN4O2/c1-4-26-19(25)18-22-24(16-11-9-15(20)10-12-16)17(21-23(18)3)14-7-5-13(2)6-8-14/h5-12,17,21H,4H2,1-3H3/t17-/m1/s1. The summed E-state index contributed by atoms with van der Waals surface area (Å²) >= 11 is 6.01. The van der Waals surface area contributed by atoms with E-state index in [2.05, 4.69) is 10.5 Å². The number of benzene rings is 2. The molecule has 6 nitrogen and oxygen atoms in total. The van der Waals surface area contributed by atoms with E-state index in [-0.39, 0.29) is 18.6 Å². The molecule has 1 aliphatic heterocycles. The van der Waals surface area contributed by atoms with Gasteiger partial charge in [-0.05, 0) is 43.7 Å². The van der Waals surface area contributed by atoms with E-state index in [9.17, 15) is 4.79 Å². The van der Waals surface area contributed by atoms with Gasteiger partial charge in [0.1, 0.15) is 6.17 Å². The lowest BCUT2D eigenvalue weighted by Gasteiger charge is -2.39. The second kappa shape index (κ2) is 7.76. The minimum Gasteiger partial charge on any atom is -0.460 e. The van der Waals surface area contributed by atoms with Crippen molar-refractivity contribution in [2.45, 2.75) is 20.0 Å². The zero-order valence-electron chi connectivity index (χ0n) is 14.9. The molecule has 2 aromatic carbocycles. The Kier molecular flexibility index (Phi) is 5.44. The fourth-order valence-electron chi connectivity index (χ4n) is 2.66. The highest BCUT2D eigenvalue weighted by Crippen LogP contribution is 2.30. The summed E-state index contributed by atoms with van der Waals surface area (Å²) < 4.78 is 5.11. The quantitative estimate of drug-likeness (QED) is 0.833. The molecule has 0 aromatic heterocycles. The molecule has 2 aromatic rings. The highest BCUT2D eigenvalue weighted by molar-refractivity contribution is 6.35. The lowest BCUT2D eigenvalue weighted by Crippen LogP contribution is -2.55. The molecule has 0 saturated carbocycles.